The van der Waals surface area contributed by atoms with E-state index >= 15 is 8.78 Å². The molecular weight excluding hydrogens is 420 g/mol. The number of hydrogen-bond donors (Lipinski definition) is 1. The van der Waals surface area contributed by atoms with Crippen LogP contribution in [0, 0.1) is 29.4 Å². The predicted molar refractivity (Wildman–Crippen MR) is 126 cm³/mol. The molecule has 5 heteroatoms. The molecule has 3 nitrogen and oxygen atoms in total. The predicted octanol–water partition coefficient (Wildman–Crippen LogP) is 6.36. The van der Waals surface area contributed by atoms with Crippen LogP contribution in [0.25, 0.3) is 0 Å². The third kappa shape index (κ3) is 4.39. The molecule has 2 aliphatic carbocycles. The summed E-state index contributed by atoms with van der Waals surface area (Å²) >= 11 is 0. The highest BCUT2D eigenvalue weighted by molar-refractivity contribution is 5.57. The molecular formula is C28H33F2NO2. The van der Waals surface area contributed by atoms with Gasteiger partial charge in [-0.1, -0.05) is 38.2 Å². The largest absolute Gasteiger partial charge is 0.508 e. The van der Waals surface area contributed by atoms with Crippen LogP contribution in [0.5, 0.6) is 5.75 Å². The van der Waals surface area contributed by atoms with Crippen LogP contribution >= 0.6 is 0 Å². The molecule has 1 N–H and O–H groups in total. The number of benzene rings is 2. The second-order valence-electron chi connectivity index (χ2n) is 10.3. The molecule has 1 saturated carbocycles. The second-order valence-corrected chi connectivity index (χ2v) is 10.3. The zero-order valence-electron chi connectivity index (χ0n) is 19.1. The van der Waals surface area contributed by atoms with Crippen LogP contribution < -0.4 is 4.90 Å². The maximum absolute atomic E-state index is 15.4. The van der Waals surface area contributed by atoms with Crippen LogP contribution in [0.2, 0.25) is 0 Å². The van der Waals surface area contributed by atoms with Gasteiger partial charge in [0.15, 0.2) is 0 Å². The Kier molecular flexibility index (Phi) is 6.40. The molecule has 2 aromatic rings. The lowest BCUT2D eigenvalue weighted by atomic mass is 9.64. The Labute approximate surface area is 194 Å². The average Bonchev–Trinajstić information content (AvgIpc) is 2.83. The number of aryl methyl sites for hydroxylation is 1. The number of carbonyl (C=O) groups is 1. The number of hydrogen-bond acceptors (Lipinski definition) is 3. The Morgan fingerprint density at radius 3 is 2.27 bits per heavy atom. The number of aldehydes is 1. The van der Waals surface area contributed by atoms with Crippen LogP contribution in [0.1, 0.15) is 74.0 Å². The van der Waals surface area contributed by atoms with Crippen LogP contribution in [-0.2, 0) is 11.2 Å². The van der Waals surface area contributed by atoms with E-state index in [2.05, 4.69) is 0 Å². The molecule has 0 aromatic heterocycles. The van der Waals surface area contributed by atoms with Crippen molar-refractivity contribution in [3.8, 4) is 5.75 Å². The van der Waals surface area contributed by atoms with E-state index in [4.69, 9.17) is 0 Å². The number of carbonyl (C=O) groups excluding carboxylic acids is 1. The quantitative estimate of drug-likeness (QED) is 0.548. The standard InChI is InChI=1S/C28H33F2NO2/c29-25-15-21(16-26(30)28(25)31-12-10-18(17-32)11-13-31)27-23(19-4-2-1-3-5-19)8-6-20-14-22(33)7-9-24(20)27/h7,9,14-19,23,27,33H,1-6,8,10-13H2/t23-,27+/m1/s1. The number of nitrogens with zero attached hydrogens (tertiary/aromatic N) is 1. The molecule has 1 aliphatic heterocycles. The summed E-state index contributed by atoms with van der Waals surface area (Å²) in [7, 11) is 0. The molecule has 0 spiro atoms. The maximum Gasteiger partial charge on any atom is 0.149 e. The van der Waals surface area contributed by atoms with Gasteiger partial charge in [0, 0.05) is 24.9 Å². The molecule has 5 rings (SSSR count). The van der Waals surface area contributed by atoms with Crippen molar-refractivity contribution in [3.63, 3.8) is 0 Å². The van der Waals surface area contributed by atoms with E-state index in [0.29, 0.717) is 43.3 Å². The molecule has 0 unspecified atom stereocenters. The summed E-state index contributed by atoms with van der Waals surface area (Å²) in [5.41, 5.74) is 2.94. The van der Waals surface area contributed by atoms with E-state index in [1.807, 2.05) is 12.1 Å². The Bertz CT molecular complexity index is 986. The highest BCUT2D eigenvalue weighted by Crippen LogP contribution is 2.49. The van der Waals surface area contributed by atoms with Crippen molar-refractivity contribution in [2.24, 2.45) is 17.8 Å². The van der Waals surface area contributed by atoms with Gasteiger partial charge in [0.2, 0.25) is 0 Å². The fraction of sp³-hybridized carbons (Fsp3) is 0.536. The van der Waals surface area contributed by atoms with Gasteiger partial charge in [-0.3, -0.25) is 0 Å². The van der Waals surface area contributed by atoms with Gasteiger partial charge in [-0.25, -0.2) is 8.78 Å². The minimum Gasteiger partial charge on any atom is -0.508 e. The lowest BCUT2D eigenvalue weighted by Crippen LogP contribution is -2.35. The van der Waals surface area contributed by atoms with Crippen molar-refractivity contribution in [1.82, 2.24) is 0 Å². The summed E-state index contributed by atoms with van der Waals surface area (Å²) in [5, 5.41) is 10.0. The fourth-order valence-corrected chi connectivity index (χ4v) is 6.65. The zero-order valence-corrected chi connectivity index (χ0v) is 19.1. The van der Waals surface area contributed by atoms with Gasteiger partial charge in [0.05, 0.1) is 0 Å². The van der Waals surface area contributed by atoms with E-state index in [1.165, 1.54) is 32.1 Å². The highest BCUT2D eigenvalue weighted by atomic mass is 19.1. The van der Waals surface area contributed by atoms with Crippen molar-refractivity contribution in [3.05, 3.63) is 58.7 Å². The number of anilines is 1. The van der Waals surface area contributed by atoms with Crippen molar-refractivity contribution in [2.75, 3.05) is 18.0 Å². The lowest BCUT2D eigenvalue weighted by Gasteiger charge is -2.41. The van der Waals surface area contributed by atoms with Gasteiger partial charge in [-0.15, -0.1) is 0 Å². The third-order valence-corrected chi connectivity index (χ3v) is 8.34. The number of rotatable bonds is 4. The Balaban J connectivity index is 1.51. The molecule has 2 atom stereocenters. The van der Waals surface area contributed by atoms with E-state index < -0.39 is 11.6 Å². The zero-order chi connectivity index (χ0) is 22.9. The van der Waals surface area contributed by atoms with Gasteiger partial charge < -0.3 is 14.8 Å². The summed E-state index contributed by atoms with van der Waals surface area (Å²) in [5.74, 6) is 0.0734. The number of aromatic hydroxyl groups is 1. The van der Waals surface area contributed by atoms with E-state index in [9.17, 15) is 9.90 Å². The van der Waals surface area contributed by atoms with Gasteiger partial charge in [0.25, 0.3) is 0 Å². The van der Waals surface area contributed by atoms with E-state index in [1.54, 1.807) is 23.1 Å². The molecule has 2 aromatic carbocycles. The first kappa shape index (κ1) is 22.4. The molecule has 0 radical (unpaired) electrons. The minimum atomic E-state index is -0.511. The monoisotopic (exact) mass is 453 g/mol. The van der Waals surface area contributed by atoms with Crippen LogP contribution in [0.3, 0.4) is 0 Å². The summed E-state index contributed by atoms with van der Waals surface area (Å²) in [4.78, 5) is 12.8. The van der Waals surface area contributed by atoms with Gasteiger partial charge in [-0.05, 0) is 78.5 Å². The van der Waals surface area contributed by atoms with Crippen LogP contribution in [0.4, 0.5) is 14.5 Å². The second kappa shape index (κ2) is 9.44. The van der Waals surface area contributed by atoms with Crippen molar-refractivity contribution in [1.29, 1.82) is 0 Å². The molecule has 33 heavy (non-hydrogen) atoms. The first-order chi connectivity index (χ1) is 16.0. The van der Waals surface area contributed by atoms with E-state index in [-0.39, 0.29) is 23.3 Å². The maximum atomic E-state index is 15.4. The summed E-state index contributed by atoms with van der Waals surface area (Å²) in [6.45, 7) is 0.986. The number of piperidine rings is 1. The summed E-state index contributed by atoms with van der Waals surface area (Å²) in [6.07, 6.45) is 10.2. The molecule has 0 bridgehead atoms. The number of phenols is 1. The molecule has 3 aliphatic rings. The molecule has 2 fully saturated rings. The molecule has 1 heterocycles. The Morgan fingerprint density at radius 1 is 0.909 bits per heavy atom. The highest BCUT2D eigenvalue weighted by Gasteiger charge is 2.37. The fourth-order valence-electron chi connectivity index (χ4n) is 6.65. The number of fused-ring (bicyclic) bond motifs is 1. The normalized spacial score (nSPS) is 24.5. The first-order valence-electron chi connectivity index (χ1n) is 12.6. The molecule has 0 amide bonds. The molecule has 176 valence electrons. The topological polar surface area (TPSA) is 40.5 Å². The SMILES string of the molecule is O=CC1CCN(c2c(F)cc([C@@H]3c4ccc(O)cc4CC[C@@H]3C3CCCCC3)cc2F)CC1. The Hall–Kier alpha value is -2.43. The van der Waals surface area contributed by atoms with Gasteiger partial charge >= 0.3 is 0 Å². The Morgan fingerprint density at radius 2 is 1.61 bits per heavy atom. The minimum absolute atomic E-state index is 0.0157. The first-order valence-corrected chi connectivity index (χ1v) is 12.6. The average molecular weight is 454 g/mol. The summed E-state index contributed by atoms with van der Waals surface area (Å²) in [6, 6.07) is 8.57. The van der Waals surface area contributed by atoms with Crippen LogP contribution in [-0.4, -0.2) is 24.5 Å². The van der Waals surface area contributed by atoms with Crippen molar-refractivity contribution in [2.45, 2.75) is 63.7 Å². The summed E-state index contributed by atoms with van der Waals surface area (Å²) < 4.78 is 30.9. The number of halogens is 2. The van der Waals surface area contributed by atoms with Gasteiger partial charge in [0.1, 0.15) is 29.4 Å². The third-order valence-electron chi connectivity index (χ3n) is 8.34. The van der Waals surface area contributed by atoms with E-state index in [0.717, 1.165) is 30.3 Å². The van der Waals surface area contributed by atoms with Crippen molar-refractivity contribution < 1.29 is 18.7 Å². The van der Waals surface area contributed by atoms with Gasteiger partial charge in [-0.2, -0.15) is 0 Å². The molecule has 1 saturated heterocycles. The van der Waals surface area contributed by atoms with Crippen molar-refractivity contribution >= 4 is 12.0 Å². The smallest absolute Gasteiger partial charge is 0.149 e. The van der Waals surface area contributed by atoms with Crippen LogP contribution in [0.15, 0.2) is 30.3 Å². The lowest BCUT2D eigenvalue weighted by molar-refractivity contribution is -0.111. The number of phenolic OH excluding ortho intramolecular Hbond substituents is 1.